The minimum absolute atomic E-state index is 0.153. The average Bonchev–Trinajstić information content (AvgIpc) is 2.47. The average molecular weight is 290 g/mol. The van der Waals surface area contributed by atoms with Gasteiger partial charge >= 0.3 is 0 Å². The van der Waals surface area contributed by atoms with E-state index in [1.807, 2.05) is 32.0 Å². The zero-order chi connectivity index (χ0) is 15.7. The van der Waals surface area contributed by atoms with Crippen LogP contribution >= 0.6 is 0 Å². The Kier molecular flexibility index (Phi) is 6.96. The van der Waals surface area contributed by atoms with Gasteiger partial charge in [-0.3, -0.25) is 4.79 Å². The molecule has 2 N–H and O–H groups in total. The fourth-order valence-corrected chi connectivity index (χ4v) is 1.75. The van der Waals surface area contributed by atoms with E-state index in [-0.39, 0.29) is 12.5 Å². The van der Waals surface area contributed by atoms with Crippen molar-refractivity contribution in [3.05, 3.63) is 18.2 Å². The molecular weight excluding hydrogens is 268 g/mol. The van der Waals surface area contributed by atoms with Gasteiger partial charge in [0.05, 0.1) is 19.8 Å². The highest BCUT2D eigenvalue weighted by Crippen LogP contribution is 2.30. The summed E-state index contributed by atoms with van der Waals surface area (Å²) in [6.45, 7) is 6.92. The van der Waals surface area contributed by atoms with Crippen molar-refractivity contribution in [3.8, 4) is 23.8 Å². The van der Waals surface area contributed by atoms with Crippen molar-refractivity contribution in [3.63, 3.8) is 0 Å². The maximum Gasteiger partial charge on any atom is 0.242 e. The minimum Gasteiger partial charge on any atom is -0.490 e. The van der Waals surface area contributed by atoms with Gasteiger partial charge in [0.1, 0.15) is 6.04 Å². The highest BCUT2D eigenvalue weighted by Gasteiger charge is 2.13. The van der Waals surface area contributed by atoms with Gasteiger partial charge in [-0.15, -0.1) is 6.42 Å². The highest BCUT2D eigenvalue weighted by molar-refractivity contribution is 5.84. The second-order valence-electron chi connectivity index (χ2n) is 4.32. The van der Waals surface area contributed by atoms with Gasteiger partial charge in [0, 0.05) is 11.8 Å². The van der Waals surface area contributed by atoms with Crippen LogP contribution in [0, 0.1) is 12.3 Å². The quantitative estimate of drug-likeness (QED) is 0.719. The van der Waals surface area contributed by atoms with E-state index >= 15 is 0 Å². The van der Waals surface area contributed by atoms with E-state index in [1.54, 1.807) is 6.92 Å². The van der Waals surface area contributed by atoms with Crippen LogP contribution in [0.2, 0.25) is 0 Å². The van der Waals surface area contributed by atoms with Gasteiger partial charge in [0.15, 0.2) is 11.5 Å². The van der Waals surface area contributed by atoms with Gasteiger partial charge < -0.3 is 20.1 Å². The van der Waals surface area contributed by atoms with Gasteiger partial charge in [0.2, 0.25) is 5.91 Å². The summed E-state index contributed by atoms with van der Waals surface area (Å²) in [7, 11) is 0. The van der Waals surface area contributed by atoms with Crippen LogP contribution in [-0.2, 0) is 4.79 Å². The zero-order valence-corrected chi connectivity index (χ0v) is 12.7. The first kappa shape index (κ1) is 16.7. The van der Waals surface area contributed by atoms with Crippen LogP contribution in [0.25, 0.3) is 0 Å². The van der Waals surface area contributed by atoms with E-state index in [4.69, 9.17) is 15.9 Å². The third-order valence-electron chi connectivity index (χ3n) is 2.68. The molecule has 0 aliphatic carbocycles. The Balaban J connectivity index is 2.77. The second kappa shape index (κ2) is 8.75. The van der Waals surface area contributed by atoms with Crippen LogP contribution in [0.15, 0.2) is 18.2 Å². The van der Waals surface area contributed by atoms with Crippen molar-refractivity contribution in [2.75, 3.05) is 25.1 Å². The SMILES string of the molecule is C#CCNC(=O)C(C)Nc1ccc(OCC)c(OCC)c1. The summed E-state index contributed by atoms with van der Waals surface area (Å²) in [5.74, 6) is 3.56. The van der Waals surface area contributed by atoms with Crippen LogP contribution < -0.4 is 20.1 Å². The molecule has 0 fully saturated rings. The minimum atomic E-state index is -0.397. The van der Waals surface area contributed by atoms with Gasteiger partial charge in [0.25, 0.3) is 0 Å². The van der Waals surface area contributed by atoms with Crippen LogP contribution in [0.1, 0.15) is 20.8 Å². The lowest BCUT2D eigenvalue weighted by atomic mass is 10.2. The molecule has 0 saturated heterocycles. The summed E-state index contributed by atoms with van der Waals surface area (Å²) in [6.07, 6.45) is 5.11. The number of ether oxygens (including phenoxy) is 2. The molecule has 1 aromatic rings. The van der Waals surface area contributed by atoms with Gasteiger partial charge in [-0.1, -0.05) is 5.92 Å². The summed E-state index contributed by atoms with van der Waals surface area (Å²) in [5, 5.41) is 5.73. The summed E-state index contributed by atoms with van der Waals surface area (Å²) >= 11 is 0. The fourth-order valence-electron chi connectivity index (χ4n) is 1.75. The van der Waals surface area contributed by atoms with Crippen molar-refractivity contribution in [1.82, 2.24) is 5.32 Å². The summed E-state index contributed by atoms with van der Waals surface area (Å²) in [6, 6.07) is 5.09. The molecule has 0 heterocycles. The number of anilines is 1. The Hall–Kier alpha value is -2.35. The first-order chi connectivity index (χ1) is 10.1. The summed E-state index contributed by atoms with van der Waals surface area (Å²) in [5.41, 5.74) is 0.783. The molecule has 1 unspecified atom stereocenters. The Bertz CT molecular complexity index is 509. The molecule has 0 aliphatic rings. The molecule has 1 amide bonds. The molecule has 0 aromatic heterocycles. The van der Waals surface area contributed by atoms with Crippen molar-refractivity contribution in [1.29, 1.82) is 0 Å². The molecule has 21 heavy (non-hydrogen) atoms. The van der Waals surface area contributed by atoms with Crippen molar-refractivity contribution in [2.45, 2.75) is 26.8 Å². The molecule has 0 bridgehead atoms. The number of carbonyl (C=O) groups excluding carboxylic acids is 1. The molecule has 1 atom stereocenters. The largest absolute Gasteiger partial charge is 0.490 e. The van der Waals surface area contributed by atoms with E-state index < -0.39 is 6.04 Å². The van der Waals surface area contributed by atoms with E-state index in [2.05, 4.69) is 16.6 Å². The third kappa shape index (κ3) is 5.27. The molecule has 0 spiro atoms. The first-order valence-corrected chi connectivity index (χ1v) is 6.99. The van der Waals surface area contributed by atoms with E-state index in [9.17, 15) is 4.79 Å². The summed E-state index contributed by atoms with van der Waals surface area (Å²) in [4.78, 5) is 11.8. The normalized spacial score (nSPS) is 11.1. The lowest BCUT2D eigenvalue weighted by Gasteiger charge is -2.17. The number of rotatable bonds is 8. The number of hydrogen-bond acceptors (Lipinski definition) is 4. The Labute approximate surface area is 126 Å². The smallest absolute Gasteiger partial charge is 0.242 e. The molecule has 1 aromatic carbocycles. The molecule has 114 valence electrons. The number of terminal acetylenes is 1. The maximum atomic E-state index is 11.8. The zero-order valence-electron chi connectivity index (χ0n) is 12.7. The predicted molar refractivity (Wildman–Crippen MR) is 83.7 cm³/mol. The highest BCUT2D eigenvalue weighted by atomic mass is 16.5. The van der Waals surface area contributed by atoms with Crippen LogP contribution in [0.5, 0.6) is 11.5 Å². The number of hydrogen-bond donors (Lipinski definition) is 2. The van der Waals surface area contributed by atoms with Crippen molar-refractivity contribution >= 4 is 11.6 Å². The van der Waals surface area contributed by atoms with Crippen LogP contribution in [-0.4, -0.2) is 31.7 Å². The molecular formula is C16H22N2O3. The lowest BCUT2D eigenvalue weighted by Crippen LogP contribution is -2.37. The summed E-state index contributed by atoms with van der Waals surface area (Å²) < 4.78 is 11.0. The topological polar surface area (TPSA) is 59.6 Å². The molecule has 1 rings (SSSR count). The Morgan fingerprint density at radius 1 is 1.29 bits per heavy atom. The molecule has 5 nitrogen and oxygen atoms in total. The predicted octanol–water partition coefficient (Wildman–Crippen LogP) is 2.03. The monoisotopic (exact) mass is 290 g/mol. The lowest BCUT2D eigenvalue weighted by molar-refractivity contribution is -0.121. The Morgan fingerprint density at radius 2 is 1.95 bits per heavy atom. The third-order valence-corrected chi connectivity index (χ3v) is 2.68. The van der Waals surface area contributed by atoms with E-state index in [1.165, 1.54) is 0 Å². The number of benzene rings is 1. The maximum absolute atomic E-state index is 11.8. The van der Waals surface area contributed by atoms with E-state index in [0.717, 1.165) is 5.69 Å². The number of amides is 1. The molecule has 0 radical (unpaired) electrons. The van der Waals surface area contributed by atoms with Gasteiger partial charge in [-0.25, -0.2) is 0 Å². The standard InChI is InChI=1S/C16H22N2O3/c1-5-10-17-16(19)12(4)18-13-8-9-14(20-6-2)15(11-13)21-7-3/h1,8-9,11-12,18H,6-7,10H2,2-4H3,(H,17,19). The second-order valence-corrected chi connectivity index (χ2v) is 4.32. The van der Waals surface area contributed by atoms with Crippen molar-refractivity contribution < 1.29 is 14.3 Å². The van der Waals surface area contributed by atoms with Gasteiger partial charge in [-0.2, -0.15) is 0 Å². The van der Waals surface area contributed by atoms with Crippen molar-refractivity contribution in [2.24, 2.45) is 0 Å². The van der Waals surface area contributed by atoms with Crippen LogP contribution in [0.3, 0.4) is 0 Å². The van der Waals surface area contributed by atoms with Crippen LogP contribution in [0.4, 0.5) is 5.69 Å². The Morgan fingerprint density at radius 3 is 2.57 bits per heavy atom. The molecule has 0 aliphatic heterocycles. The number of nitrogens with one attached hydrogen (secondary N) is 2. The first-order valence-electron chi connectivity index (χ1n) is 6.99. The molecule has 5 heteroatoms. The number of carbonyl (C=O) groups is 1. The fraction of sp³-hybridized carbons (Fsp3) is 0.438. The van der Waals surface area contributed by atoms with Gasteiger partial charge in [-0.05, 0) is 32.9 Å². The van der Waals surface area contributed by atoms with E-state index in [0.29, 0.717) is 24.7 Å². The molecule has 0 saturated carbocycles.